The Kier molecular flexibility index (Phi) is 6.32. The van der Waals surface area contributed by atoms with Gasteiger partial charge in [0.2, 0.25) is 0 Å². The Labute approximate surface area is 151 Å². The molecule has 5 nitrogen and oxygen atoms in total. The molecule has 1 aromatic rings. The standard InChI is InChI=1S/C20H31N3O2/c1-22(15-19(24)16-9-10-16)20(25)21-13-17-7-3-4-8-18(17)14-23-11-5-2-6-12-23/h3-4,7-8,16,19,24H,2,5-6,9-15H2,1H3,(H,21,25). The van der Waals surface area contributed by atoms with E-state index in [1.807, 2.05) is 6.07 Å². The molecule has 0 bridgehead atoms. The van der Waals surface area contributed by atoms with Crippen molar-refractivity contribution in [3.8, 4) is 0 Å². The second kappa shape index (κ2) is 8.68. The van der Waals surface area contributed by atoms with Crippen LogP contribution in [0.3, 0.4) is 0 Å². The number of aliphatic hydroxyl groups is 1. The third-order valence-electron chi connectivity index (χ3n) is 5.36. The number of hydrogen-bond donors (Lipinski definition) is 2. The number of rotatable bonds is 7. The molecule has 1 unspecified atom stereocenters. The largest absolute Gasteiger partial charge is 0.391 e. The van der Waals surface area contributed by atoms with Crippen LogP contribution in [-0.2, 0) is 13.1 Å². The normalized spacial score (nSPS) is 19.4. The van der Waals surface area contributed by atoms with Gasteiger partial charge in [-0.25, -0.2) is 4.79 Å². The predicted molar refractivity (Wildman–Crippen MR) is 99.2 cm³/mol. The van der Waals surface area contributed by atoms with Crippen molar-refractivity contribution in [2.24, 2.45) is 5.92 Å². The molecular formula is C20H31N3O2. The van der Waals surface area contributed by atoms with Crippen LogP contribution in [0.4, 0.5) is 4.79 Å². The van der Waals surface area contributed by atoms with E-state index in [0.717, 1.165) is 19.4 Å². The fraction of sp³-hybridized carbons (Fsp3) is 0.650. The van der Waals surface area contributed by atoms with Crippen LogP contribution in [0.2, 0.25) is 0 Å². The number of likely N-dealkylation sites (tertiary alicyclic amines) is 1. The van der Waals surface area contributed by atoms with Crippen LogP contribution in [0.5, 0.6) is 0 Å². The summed E-state index contributed by atoms with van der Waals surface area (Å²) in [4.78, 5) is 16.4. The second-order valence-electron chi connectivity index (χ2n) is 7.55. The van der Waals surface area contributed by atoms with Crippen molar-refractivity contribution in [3.63, 3.8) is 0 Å². The number of aliphatic hydroxyl groups excluding tert-OH is 1. The molecule has 1 aromatic carbocycles. The maximum Gasteiger partial charge on any atom is 0.317 e. The number of benzene rings is 1. The Morgan fingerprint density at radius 3 is 2.60 bits per heavy atom. The van der Waals surface area contributed by atoms with Gasteiger partial charge in [-0.2, -0.15) is 0 Å². The molecule has 0 aromatic heterocycles. The number of piperidine rings is 1. The van der Waals surface area contributed by atoms with E-state index in [1.54, 1.807) is 11.9 Å². The van der Waals surface area contributed by atoms with Gasteiger partial charge in [-0.05, 0) is 55.8 Å². The molecule has 1 aliphatic carbocycles. The van der Waals surface area contributed by atoms with Crippen molar-refractivity contribution in [3.05, 3.63) is 35.4 Å². The van der Waals surface area contributed by atoms with Gasteiger partial charge in [-0.1, -0.05) is 30.7 Å². The highest BCUT2D eigenvalue weighted by Gasteiger charge is 2.31. The van der Waals surface area contributed by atoms with Crippen LogP contribution in [0.15, 0.2) is 24.3 Å². The highest BCUT2D eigenvalue weighted by Crippen LogP contribution is 2.32. The third-order valence-corrected chi connectivity index (χ3v) is 5.36. The van der Waals surface area contributed by atoms with E-state index in [9.17, 15) is 9.90 Å². The van der Waals surface area contributed by atoms with Crippen molar-refractivity contribution in [2.75, 3.05) is 26.7 Å². The summed E-state index contributed by atoms with van der Waals surface area (Å²) in [5, 5.41) is 13.0. The molecule has 25 heavy (non-hydrogen) atoms. The van der Waals surface area contributed by atoms with Gasteiger partial charge in [0, 0.05) is 26.7 Å². The number of likely N-dealkylation sites (N-methyl/N-ethyl adjacent to an activating group) is 1. The maximum atomic E-state index is 12.3. The Morgan fingerprint density at radius 1 is 1.24 bits per heavy atom. The number of urea groups is 1. The van der Waals surface area contributed by atoms with E-state index in [1.165, 1.54) is 43.5 Å². The SMILES string of the molecule is CN(CC(O)C1CC1)C(=O)NCc1ccccc1CN1CCCCC1. The maximum absolute atomic E-state index is 12.3. The molecule has 5 heteroatoms. The van der Waals surface area contributed by atoms with Gasteiger partial charge in [0.25, 0.3) is 0 Å². The van der Waals surface area contributed by atoms with Crippen molar-refractivity contribution in [1.29, 1.82) is 0 Å². The van der Waals surface area contributed by atoms with Crippen molar-refractivity contribution < 1.29 is 9.90 Å². The molecule has 3 rings (SSSR count). The highest BCUT2D eigenvalue weighted by atomic mass is 16.3. The molecule has 0 spiro atoms. The average molecular weight is 345 g/mol. The smallest absolute Gasteiger partial charge is 0.317 e. The average Bonchev–Trinajstić information content (AvgIpc) is 3.46. The van der Waals surface area contributed by atoms with Crippen LogP contribution < -0.4 is 5.32 Å². The first-order valence-corrected chi connectivity index (χ1v) is 9.59. The summed E-state index contributed by atoms with van der Waals surface area (Å²) in [6.07, 6.45) is 5.69. The summed E-state index contributed by atoms with van der Waals surface area (Å²) < 4.78 is 0. The summed E-state index contributed by atoms with van der Waals surface area (Å²) in [6.45, 7) is 4.24. The summed E-state index contributed by atoms with van der Waals surface area (Å²) in [5.41, 5.74) is 2.47. The Morgan fingerprint density at radius 2 is 1.92 bits per heavy atom. The monoisotopic (exact) mass is 345 g/mol. The zero-order chi connectivity index (χ0) is 17.6. The first-order valence-electron chi connectivity index (χ1n) is 9.59. The molecule has 0 radical (unpaired) electrons. The topological polar surface area (TPSA) is 55.8 Å². The van der Waals surface area contributed by atoms with E-state index < -0.39 is 0 Å². The number of carbonyl (C=O) groups excluding carboxylic acids is 1. The zero-order valence-corrected chi connectivity index (χ0v) is 15.3. The molecule has 1 saturated carbocycles. The minimum atomic E-state index is -0.387. The molecule has 1 atom stereocenters. The Balaban J connectivity index is 1.50. The molecule has 2 fully saturated rings. The Bertz CT molecular complexity index is 568. The minimum absolute atomic E-state index is 0.118. The fourth-order valence-electron chi connectivity index (χ4n) is 3.54. The number of nitrogens with one attached hydrogen (secondary N) is 1. The second-order valence-corrected chi connectivity index (χ2v) is 7.55. The minimum Gasteiger partial charge on any atom is -0.391 e. The lowest BCUT2D eigenvalue weighted by Crippen LogP contribution is -2.41. The first kappa shape index (κ1) is 18.2. The molecule has 1 saturated heterocycles. The van der Waals surface area contributed by atoms with Crippen LogP contribution in [0.1, 0.15) is 43.2 Å². The van der Waals surface area contributed by atoms with Crippen molar-refractivity contribution in [1.82, 2.24) is 15.1 Å². The van der Waals surface area contributed by atoms with E-state index in [2.05, 4.69) is 28.4 Å². The van der Waals surface area contributed by atoms with Gasteiger partial charge in [-0.3, -0.25) is 4.90 Å². The van der Waals surface area contributed by atoms with Gasteiger partial charge in [0.05, 0.1) is 6.10 Å². The molecule has 1 aliphatic heterocycles. The quantitative estimate of drug-likeness (QED) is 0.799. The summed E-state index contributed by atoms with van der Waals surface area (Å²) in [6, 6.07) is 8.24. The summed E-state index contributed by atoms with van der Waals surface area (Å²) in [7, 11) is 1.75. The number of amides is 2. The van der Waals surface area contributed by atoms with E-state index in [-0.39, 0.29) is 12.1 Å². The van der Waals surface area contributed by atoms with E-state index in [4.69, 9.17) is 0 Å². The van der Waals surface area contributed by atoms with Crippen LogP contribution >= 0.6 is 0 Å². The lowest BCUT2D eigenvalue weighted by atomic mass is 10.0. The van der Waals surface area contributed by atoms with Gasteiger partial charge in [0.15, 0.2) is 0 Å². The Hall–Kier alpha value is -1.59. The molecule has 138 valence electrons. The van der Waals surface area contributed by atoms with Crippen molar-refractivity contribution >= 4 is 6.03 Å². The van der Waals surface area contributed by atoms with E-state index in [0.29, 0.717) is 19.0 Å². The van der Waals surface area contributed by atoms with Crippen molar-refractivity contribution in [2.45, 2.75) is 51.3 Å². The molecular weight excluding hydrogens is 314 g/mol. The molecule has 2 amide bonds. The molecule has 1 heterocycles. The lowest BCUT2D eigenvalue weighted by molar-refractivity contribution is 0.113. The zero-order valence-electron chi connectivity index (χ0n) is 15.3. The number of carbonyl (C=O) groups is 1. The van der Waals surface area contributed by atoms with Crippen LogP contribution in [0, 0.1) is 5.92 Å². The number of nitrogens with zero attached hydrogens (tertiary/aromatic N) is 2. The first-order chi connectivity index (χ1) is 12.1. The number of hydrogen-bond acceptors (Lipinski definition) is 3. The van der Waals surface area contributed by atoms with Crippen LogP contribution in [-0.4, -0.2) is 53.7 Å². The van der Waals surface area contributed by atoms with E-state index >= 15 is 0 Å². The van der Waals surface area contributed by atoms with Gasteiger partial charge in [0.1, 0.15) is 0 Å². The highest BCUT2D eigenvalue weighted by molar-refractivity contribution is 5.73. The molecule has 2 N–H and O–H groups in total. The summed E-state index contributed by atoms with van der Waals surface area (Å²) in [5.74, 6) is 0.389. The molecule has 2 aliphatic rings. The summed E-state index contributed by atoms with van der Waals surface area (Å²) >= 11 is 0. The van der Waals surface area contributed by atoms with Gasteiger partial charge < -0.3 is 15.3 Å². The van der Waals surface area contributed by atoms with Gasteiger partial charge in [-0.15, -0.1) is 0 Å². The fourth-order valence-corrected chi connectivity index (χ4v) is 3.54. The van der Waals surface area contributed by atoms with Crippen LogP contribution in [0.25, 0.3) is 0 Å². The lowest BCUT2D eigenvalue weighted by Gasteiger charge is -2.27. The van der Waals surface area contributed by atoms with Gasteiger partial charge >= 0.3 is 6.03 Å². The third kappa shape index (κ3) is 5.44. The predicted octanol–water partition coefficient (Wildman–Crippen LogP) is 2.58.